The molecular formula is C48H70N14O10S2. The summed E-state index contributed by atoms with van der Waals surface area (Å²) in [4.78, 5) is 54.0. The molecule has 2 atom stereocenters. The van der Waals surface area contributed by atoms with Gasteiger partial charge in [0, 0.05) is 80.7 Å². The minimum absolute atomic E-state index is 0.0178. The smallest absolute Gasteiger partial charge is 0.279 e. The van der Waals surface area contributed by atoms with Crippen molar-refractivity contribution in [1.29, 1.82) is 0 Å². The highest BCUT2D eigenvalue weighted by Gasteiger charge is 2.32. The average molecular weight is 1070 g/mol. The molecule has 8 rings (SSSR count). The van der Waals surface area contributed by atoms with Gasteiger partial charge < -0.3 is 38.7 Å². The Kier molecular flexibility index (Phi) is 18.4. The Morgan fingerprint density at radius 1 is 0.568 bits per heavy atom. The summed E-state index contributed by atoms with van der Waals surface area (Å²) in [6.07, 6.45) is 4.49. The van der Waals surface area contributed by atoms with Crippen LogP contribution in [0.2, 0.25) is 0 Å². The molecule has 2 aliphatic heterocycles. The van der Waals surface area contributed by atoms with E-state index in [9.17, 15) is 26.4 Å². The summed E-state index contributed by atoms with van der Waals surface area (Å²) in [7, 11) is -0.956. The number of nitrogens with one attached hydrogen (secondary N) is 2. The SMILES string of the molecule is CCc1c2nc(-c3cc(S(=O)(=O)N4CCN(CC)CC4)cnc3OC(CC)COC)[nH]c(=O)c2nn1C.CCc1c2nc(-c3cc(S(=O)(=O)N4CCN(CC)CC4)cnc3OC(CC)COC)[nH]c(=O)c2nn1C. The van der Waals surface area contributed by atoms with E-state index in [1.807, 2.05) is 27.7 Å². The number of rotatable bonds is 20. The second-order valence-corrected chi connectivity index (χ2v) is 21.9. The first kappa shape index (κ1) is 56.0. The van der Waals surface area contributed by atoms with Crippen LogP contribution in [0.5, 0.6) is 11.8 Å². The van der Waals surface area contributed by atoms with E-state index in [0.29, 0.717) is 102 Å². The second kappa shape index (κ2) is 24.3. The minimum Gasteiger partial charge on any atom is -0.471 e. The number of piperazine rings is 2. The maximum absolute atomic E-state index is 13.5. The molecule has 0 aromatic carbocycles. The van der Waals surface area contributed by atoms with E-state index in [1.165, 1.54) is 33.1 Å². The number of aromatic nitrogens is 10. The molecule has 2 unspecified atom stereocenters. The first-order valence-electron chi connectivity index (χ1n) is 25.1. The van der Waals surface area contributed by atoms with Crippen LogP contribution in [0.1, 0.15) is 65.8 Å². The van der Waals surface area contributed by atoms with Crippen LogP contribution in [0.4, 0.5) is 0 Å². The standard InChI is InChI=1S/2C24H35N7O5S/c2*1-6-16(15-35-5)36-24-18(22-26-20-19(7-2)29(4)28-21(20)23(32)27-22)13-17(14-25-24)37(33,34)31-11-9-30(8-3)10-12-31/h2*13-14,16H,6-12,15H2,1-5H3,(H,26,27,32). The number of nitrogens with zero attached hydrogens (tertiary/aromatic N) is 12. The van der Waals surface area contributed by atoms with Gasteiger partial charge in [0.05, 0.1) is 48.1 Å². The lowest BCUT2D eigenvalue weighted by molar-refractivity contribution is 0.0759. The molecule has 2 aliphatic rings. The van der Waals surface area contributed by atoms with E-state index < -0.39 is 31.2 Å². The molecule has 404 valence electrons. The van der Waals surface area contributed by atoms with E-state index in [-0.39, 0.29) is 67.6 Å². The molecule has 6 aromatic heterocycles. The van der Waals surface area contributed by atoms with Gasteiger partial charge in [0.25, 0.3) is 11.1 Å². The number of sulfonamides is 2. The molecule has 0 saturated carbocycles. The van der Waals surface area contributed by atoms with Crippen molar-refractivity contribution >= 4 is 42.1 Å². The summed E-state index contributed by atoms with van der Waals surface area (Å²) in [5, 5.41) is 8.60. The number of hydrogen-bond donors (Lipinski definition) is 2. The monoisotopic (exact) mass is 1070 g/mol. The third-order valence-electron chi connectivity index (χ3n) is 13.5. The molecule has 74 heavy (non-hydrogen) atoms. The van der Waals surface area contributed by atoms with Gasteiger partial charge in [-0.15, -0.1) is 0 Å². The van der Waals surface area contributed by atoms with E-state index in [0.717, 1.165) is 24.5 Å². The Hall–Kier alpha value is -5.74. The Morgan fingerprint density at radius 3 is 1.24 bits per heavy atom. The lowest BCUT2D eigenvalue weighted by Gasteiger charge is -2.33. The molecule has 8 heterocycles. The van der Waals surface area contributed by atoms with E-state index >= 15 is 0 Å². The van der Waals surface area contributed by atoms with Crippen molar-refractivity contribution in [3.8, 4) is 34.5 Å². The maximum Gasteiger partial charge on any atom is 0.279 e. The van der Waals surface area contributed by atoms with Crippen molar-refractivity contribution in [3.05, 3.63) is 56.6 Å². The van der Waals surface area contributed by atoms with Crippen LogP contribution in [0.25, 0.3) is 44.8 Å². The molecule has 2 saturated heterocycles. The number of likely N-dealkylation sites (N-methyl/N-ethyl adjacent to an activating group) is 2. The minimum atomic E-state index is -3.82. The molecule has 0 spiro atoms. The predicted octanol–water partition coefficient (Wildman–Crippen LogP) is 2.82. The van der Waals surface area contributed by atoms with Crippen LogP contribution in [-0.4, -0.2) is 190 Å². The van der Waals surface area contributed by atoms with E-state index in [4.69, 9.17) is 18.9 Å². The summed E-state index contributed by atoms with van der Waals surface area (Å²) in [6, 6.07) is 2.96. The van der Waals surface area contributed by atoms with Crippen molar-refractivity contribution in [3.63, 3.8) is 0 Å². The Bertz CT molecular complexity index is 3040. The maximum atomic E-state index is 13.5. The van der Waals surface area contributed by atoms with Crippen molar-refractivity contribution < 1.29 is 35.8 Å². The first-order chi connectivity index (χ1) is 35.5. The molecule has 2 fully saturated rings. The Labute approximate surface area is 431 Å². The van der Waals surface area contributed by atoms with Crippen LogP contribution in [0.3, 0.4) is 0 Å². The number of pyridine rings is 2. The summed E-state index contributed by atoms with van der Waals surface area (Å²) < 4.78 is 83.1. The van der Waals surface area contributed by atoms with Crippen molar-refractivity contribution in [1.82, 2.24) is 67.9 Å². The van der Waals surface area contributed by atoms with E-state index in [1.54, 1.807) is 37.7 Å². The van der Waals surface area contributed by atoms with Crippen LogP contribution in [-0.2, 0) is 56.5 Å². The van der Waals surface area contributed by atoms with Gasteiger partial charge in [0.1, 0.15) is 44.7 Å². The van der Waals surface area contributed by atoms with E-state index in [2.05, 4.69) is 63.7 Å². The summed E-state index contributed by atoms with van der Waals surface area (Å²) >= 11 is 0. The fraction of sp³-hybridized carbons (Fsp3) is 0.583. The van der Waals surface area contributed by atoms with Crippen molar-refractivity contribution in [2.75, 3.05) is 92.9 Å². The van der Waals surface area contributed by atoms with Crippen LogP contribution in [0.15, 0.2) is 43.9 Å². The lowest BCUT2D eigenvalue weighted by atomic mass is 10.2. The molecule has 6 aromatic rings. The predicted molar refractivity (Wildman–Crippen MR) is 278 cm³/mol. The van der Waals surface area contributed by atoms with Crippen LogP contribution < -0.4 is 20.6 Å². The summed E-state index contributed by atoms with van der Waals surface area (Å²) in [6.45, 7) is 18.6. The zero-order valence-corrected chi connectivity index (χ0v) is 45.7. The van der Waals surface area contributed by atoms with Crippen molar-refractivity contribution in [2.24, 2.45) is 14.1 Å². The molecule has 0 radical (unpaired) electrons. The van der Waals surface area contributed by atoms with Gasteiger partial charge in [0.15, 0.2) is 11.0 Å². The largest absolute Gasteiger partial charge is 0.471 e. The number of H-pyrrole nitrogens is 2. The Morgan fingerprint density at radius 2 is 0.932 bits per heavy atom. The van der Waals surface area contributed by atoms with Gasteiger partial charge in [-0.25, -0.2) is 36.8 Å². The third-order valence-corrected chi connectivity index (χ3v) is 17.2. The normalized spacial score (nSPS) is 16.4. The zero-order chi connectivity index (χ0) is 53.5. The molecular weight excluding hydrogens is 997 g/mol. The number of aromatic amines is 2. The molecule has 0 bridgehead atoms. The highest BCUT2D eigenvalue weighted by molar-refractivity contribution is 7.89. The average Bonchev–Trinajstić information content (AvgIpc) is 3.92. The second-order valence-electron chi connectivity index (χ2n) is 18.0. The summed E-state index contributed by atoms with van der Waals surface area (Å²) in [5.41, 5.74) is 2.68. The van der Waals surface area contributed by atoms with Gasteiger partial charge in [-0.1, -0.05) is 41.5 Å². The highest BCUT2D eigenvalue weighted by atomic mass is 32.2. The number of aryl methyl sites for hydroxylation is 4. The number of ether oxygens (including phenoxy) is 4. The fourth-order valence-corrected chi connectivity index (χ4v) is 11.8. The first-order valence-corrected chi connectivity index (χ1v) is 28.0. The topological polar surface area (TPSA) is 271 Å². The zero-order valence-electron chi connectivity index (χ0n) is 44.0. The lowest BCUT2D eigenvalue weighted by Crippen LogP contribution is -2.48. The highest BCUT2D eigenvalue weighted by Crippen LogP contribution is 2.33. The third kappa shape index (κ3) is 11.9. The van der Waals surface area contributed by atoms with Gasteiger partial charge in [-0.3, -0.25) is 19.0 Å². The number of hydrogen-bond acceptors (Lipinski definition) is 18. The van der Waals surface area contributed by atoms with Gasteiger partial charge in [-0.05, 0) is 50.9 Å². The quantitative estimate of drug-likeness (QED) is 0.111. The molecule has 26 heteroatoms. The Balaban J connectivity index is 0.000000216. The fourth-order valence-electron chi connectivity index (χ4n) is 9.00. The number of fused-ring (bicyclic) bond motifs is 2. The van der Waals surface area contributed by atoms with Crippen molar-refractivity contribution in [2.45, 2.75) is 89.2 Å². The number of methoxy groups -OCH3 is 2. The summed E-state index contributed by atoms with van der Waals surface area (Å²) in [5.74, 6) is 0.678. The van der Waals surface area contributed by atoms with Gasteiger partial charge in [0.2, 0.25) is 31.8 Å². The molecule has 24 nitrogen and oxygen atoms in total. The van der Waals surface area contributed by atoms with Crippen LogP contribution >= 0.6 is 0 Å². The van der Waals surface area contributed by atoms with Crippen LogP contribution in [0, 0.1) is 0 Å². The van der Waals surface area contributed by atoms with Gasteiger partial charge in [-0.2, -0.15) is 18.8 Å². The molecule has 2 N–H and O–H groups in total. The molecule has 0 aliphatic carbocycles. The van der Waals surface area contributed by atoms with Gasteiger partial charge >= 0.3 is 0 Å². The molecule has 0 amide bonds.